The minimum Gasteiger partial charge on any atom is -0.497 e. The second kappa shape index (κ2) is 9.95. The van der Waals surface area contributed by atoms with Gasteiger partial charge in [0.1, 0.15) is 11.5 Å². The van der Waals surface area contributed by atoms with E-state index in [1.807, 2.05) is 32.2 Å². The second-order valence-electron chi connectivity index (χ2n) is 7.67. The zero-order chi connectivity index (χ0) is 20.0. The first kappa shape index (κ1) is 21.5. The van der Waals surface area contributed by atoms with Gasteiger partial charge in [0.05, 0.1) is 26.8 Å². The van der Waals surface area contributed by atoms with Crippen LogP contribution >= 0.6 is 0 Å². The molecule has 0 saturated carbocycles. The fraction of sp³-hybridized carbons (Fsp3) is 0.667. The standard InChI is InChI=1S/C21H35N3O3/c1-15(2)24-11-9-17(10-12-24)23(4)14-21(25)22-16(3)19-13-18(26-5)7-8-20(19)27-6/h7-8,13,15-17H,9-12,14H2,1-6H3,(H,22,25). The van der Waals surface area contributed by atoms with Gasteiger partial charge >= 0.3 is 0 Å². The fourth-order valence-electron chi connectivity index (χ4n) is 3.74. The van der Waals surface area contributed by atoms with E-state index in [1.165, 1.54) is 0 Å². The Balaban J connectivity index is 1.90. The third-order valence-corrected chi connectivity index (χ3v) is 5.53. The minimum atomic E-state index is -0.154. The summed E-state index contributed by atoms with van der Waals surface area (Å²) in [5.74, 6) is 1.53. The van der Waals surface area contributed by atoms with Crippen molar-refractivity contribution in [3.63, 3.8) is 0 Å². The van der Waals surface area contributed by atoms with Crippen molar-refractivity contribution in [3.8, 4) is 11.5 Å². The molecule has 0 radical (unpaired) electrons. The van der Waals surface area contributed by atoms with Gasteiger partial charge in [-0.3, -0.25) is 9.69 Å². The topological polar surface area (TPSA) is 54.0 Å². The van der Waals surface area contributed by atoms with E-state index < -0.39 is 0 Å². The van der Waals surface area contributed by atoms with Crippen LogP contribution in [0.25, 0.3) is 0 Å². The highest BCUT2D eigenvalue weighted by molar-refractivity contribution is 5.78. The predicted molar refractivity (Wildman–Crippen MR) is 108 cm³/mol. The summed E-state index contributed by atoms with van der Waals surface area (Å²) in [7, 11) is 5.32. The molecule has 152 valence electrons. The fourth-order valence-corrected chi connectivity index (χ4v) is 3.74. The van der Waals surface area contributed by atoms with Crippen LogP contribution in [0.4, 0.5) is 0 Å². The number of likely N-dealkylation sites (tertiary alicyclic amines) is 1. The first-order valence-corrected chi connectivity index (χ1v) is 9.81. The van der Waals surface area contributed by atoms with Crippen LogP contribution in [-0.4, -0.2) is 68.7 Å². The number of piperidine rings is 1. The molecule has 2 rings (SSSR count). The number of benzene rings is 1. The summed E-state index contributed by atoms with van der Waals surface area (Å²) in [4.78, 5) is 17.3. The number of methoxy groups -OCH3 is 2. The van der Waals surface area contributed by atoms with Gasteiger partial charge in [-0.1, -0.05) is 0 Å². The summed E-state index contributed by atoms with van der Waals surface area (Å²) in [6, 6.07) is 6.54. The number of nitrogens with zero attached hydrogens (tertiary/aromatic N) is 2. The third kappa shape index (κ3) is 5.84. The second-order valence-corrected chi connectivity index (χ2v) is 7.67. The quantitative estimate of drug-likeness (QED) is 0.755. The van der Waals surface area contributed by atoms with Gasteiger partial charge in [-0.05, 0) is 71.9 Å². The van der Waals surface area contributed by atoms with E-state index in [4.69, 9.17) is 9.47 Å². The Morgan fingerprint density at radius 1 is 1.22 bits per heavy atom. The number of ether oxygens (including phenoxy) is 2. The average molecular weight is 378 g/mol. The van der Waals surface area contributed by atoms with E-state index in [0.717, 1.165) is 43.0 Å². The number of carbonyl (C=O) groups is 1. The van der Waals surface area contributed by atoms with Gasteiger partial charge < -0.3 is 19.7 Å². The number of hydrogen-bond acceptors (Lipinski definition) is 5. The van der Waals surface area contributed by atoms with Crippen LogP contribution in [0.15, 0.2) is 18.2 Å². The number of likely N-dealkylation sites (N-methyl/N-ethyl adjacent to an activating group) is 1. The zero-order valence-electron chi connectivity index (χ0n) is 17.6. The average Bonchev–Trinajstić information content (AvgIpc) is 2.67. The molecule has 1 aliphatic rings. The zero-order valence-corrected chi connectivity index (χ0v) is 17.6. The molecule has 1 amide bonds. The Morgan fingerprint density at radius 2 is 1.89 bits per heavy atom. The Bertz CT molecular complexity index is 613. The lowest BCUT2D eigenvalue weighted by atomic mass is 10.0. The first-order valence-electron chi connectivity index (χ1n) is 9.81. The van der Waals surface area contributed by atoms with E-state index in [1.54, 1.807) is 14.2 Å². The molecular weight excluding hydrogens is 342 g/mol. The smallest absolute Gasteiger partial charge is 0.234 e. The van der Waals surface area contributed by atoms with Crippen LogP contribution in [-0.2, 0) is 4.79 Å². The molecule has 1 N–H and O–H groups in total. The lowest BCUT2D eigenvalue weighted by Crippen LogP contribution is -2.48. The van der Waals surface area contributed by atoms with Gasteiger partial charge in [-0.15, -0.1) is 0 Å². The molecule has 1 atom stereocenters. The Kier molecular flexibility index (Phi) is 7.92. The lowest BCUT2D eigenvalue weighted by molar-refractivity contribution is -0.123. The predicted octanol–water partition coefficient (Wildman–Crippen LogP) is 2.69. The van der Waals surface area contributed by atoms with Crippen molar-refractivity contribution in [2.75, 3.05) is 40.9 Å². The van der Waals surface area contributed by atoms with Gasteiger partial charge in [-0.25, -0.2) is 0 Å². The summed E-state index contributed by atoms with van der Waals surface area (Å²) >= 11 is 0. The van der Waals surface area contributed by atoms with Crippen LogP contribution in [0.3, 0.4) is 0 Å². The largest absolute Gasteiger partial charge is 0.497 e. The Labute approximate surface area is 163 Å². The molecule has 1 aromatic rings. The monoisotopic (exact) mass is 377 g/mol. The van der Waals surface area contributed by atoms with E-state index >= 15 is 0 Å². The lowest BCUT2D eigenvalue weighted by Gasteiger charge is -2.38. The molecule has 1 aromatic carbocycles. The van der Waals surface area contributed by atoms with E-state index in [0.29, 0.717) is 18.6 Å². The van der Waals surface area contributed by atoms with Crippen molar-refractivity contribution in [1.82, 2.24) is 15.1 Å². The van der Waals surface area contributed by atoms with Crippen molar-refractivity contribution >= 4 is 5.91 Å². The van der Waals surface area contributed by atoms with Crippen molar-refractivity contribution in [2.45, 2.75) is 51.7 Å². The van der Waals surface area contributed by atoms with Crippen molar-refractivity contribution < 1.29 is 14.3 Å². The van der Waals surface area contributed by atoms with Crippen molar-refractivity contribution in [2.24, 2.45) is 0 Å². The maximum Gasteiger partial charge on any atom is 0.234 e. The first-order chi connectivity index (χ1) is 12.8. The summed E-state index contributed by atoms with van der Waals surface area (Å²) < 4.78 is 10.7. The molecule has 0 aromatic heterocycles. The van der Waals surface area contributed by atoms with Crippen LogP contribution in [0.5, 0.6) is 11.5 Å². The molecule has 6 heteroatoms. The minimum absolute atomic E-state index is 0.0289. The maximum atomic E-state index is 12.6. The van der Waals surface area contributed by atoms with E-state index in [2.05, 4.69) is 29.0 Å². The van der Waals surface area contributed by atoms with Crippen LogP contribution in [0.1, 0.15) is 45.2 Å². The number of hydrogen-bond donors (Lipinski definition) is 1. The van der Waals surface area contributed by atoms with Crippen LogP contribution in [0.2, 0.25) is 0 Å². The molecule has 1 heterocycles. The summed E-state index contributed by atoms with van der Waals surface area (Å²) in [6.45, 7) is 9.06. The number of rotatable bonds is 8. The van der Waals surface area contributed by atoms with Crippen molar-refractivity contribution in [1.29, 1.82) is 0 Å². The normalized spacial score (nSPS) is 17.2. The molecular formula is C21H35N3O3. The number of carbonyl (C=O) groups excluding carboxylic acids is 1. The van der Waals surface area contributed by atoms with Crippen molar-refractivity contribution in [3.05, 3.63) is 23.8 Å². The number of amides is 1. The molecule has 1 aliphatic heterocycles. The van der Waals surface area contributed by atoms with E-state index in [-0.39, 0.29) is 11.9 Å². The Hall–Kier alpha value is -1.79. The number of nitrogens with one attached hydrogen (secondary N) is 1. The van der Waals surface area contributed by atoms with E-state index in [9.17, 15) is 4.79 Å². The van der Waals surface area contributed by atoms with Crippen LogP contribution in [0, 0.1) is 0 Å². The van der Waals surface area contributed by atoms with Gasteiger partial charge in [0.2, 0.25) is 5.91 Å². The van der Waals surface area contributed by atoms with Gasteiger partial charge in [0.25, 0.3) is 0 Å². The maximum absolute atomic E-state index is 12.6. The van der Waals surface area contributed by atoms with Crippen LogP contribution < -0.4 is 14.8 Å². The molecule has 6 nitrogen and oxygen atoms in total. The summed E-state index contributed by atoms with van der Waals surface area (Å²) in [5.41, 5.74) is 0.915. The molecule has 0 spiro atoms. The molecule has 0 bridgehead atoms. The molecule has 1 unspecified atom stereocenters. The van der Waals surface area contributed by atoms with Gasteiger partial charge in [-0.2, -0.15) is 0 Å². The molecule has 1 fully saturated rings. The highest BCUT2D eigenvalue weighted by Gasteiger charge is 2.25. The van der Waals surface area contributed by atoms with Gasteiger partial charge in [0, 0.05) is 17.6 Å². The molecule has 1 saturated heterocycles. The third-order valence-electron chi connectivity index (χ3n) is 5.53. The molecule has 27 heavy (non-hydrogen) atoms. The molecule has 0 aliphatic carbocycles. The summed E-state index contributed by atoms with van der Waals surface area (Å²) in [5, 5.41) is 3.09. The SMILES string of the molecule is COc1ccc(OC)c(C(C)NC(=O)CN(C)C2CCN(C(C)C)CC2)c1. The highest BCUT2D eigenvalue weighted by atomic mass is 16.5. The Morgan fingerprint density at radius 3 is 2.44 bits per heavy atom. The highest BCUT2D eigenvalue weighted by Crippen LogP contribution is 2.29. The van der Waals surface area contributed by atoms with Gasteiger partial charge in [0.15, 0.2) is 0 Å². The summed E-state index contributed by atoms with van der Waals surface area (Å²) in [6.07, 6.45) is 2.22.